The highest BCUT2D eigenvalue weighted by Crippen LogP contribution is 2.05. The second kappa shape index (κ2) is 5.75. The third-order valence-corrected chi connectivity index (χ3v) is 2.69. The molecule has 0 atom stereocenters. The van der Waals surface area contributed by atoms with Gasteiger partial charge < -0.3 is 0 Å². The lowest BCUT2D eigenvalue weighted by molar-refractivity contribution is -0.114. The molecule has 1 aromatic rings. The highest BCUT2D eigenvalue weighted by atomic mass is 32.2. The molecule has 1 heterocycles. The van der Waals surface area contributed by atoms with Crippen LogP contribution in [0.25, 0.3) is 0 Å². The molecule has 2 nitrogen and oxygen atoms in total. The Morgan fingerprint density at radius 3 is 2.77 bits per heavy atom. The van der Waals surface area contributed by atoms with Gasteiger partial charge in [0.05, 0.1) is 5.75 Å². The van der Waals surface area contributed by atoms with E-state index in [9.17, 15) is 4.79 Å². The largest absolute Gasteiger partial charge is 0.299 e. The van der Waals surface area contributed by atoms with Gasteiger partial charge in [0.25, 0.3) is 0 Å². The van der Waals surface area contributed by atoms with Crippen LogP contribution in [0.5, 0.6) is 0 Å². The number of aromatic nitrogens is 1. The van der Waals surface area contributed by atoms with E-state index in [-0.39, 0.29) is 5.78 Å². The summed E-state index contributed by atoms with van der Waals surface area (Å²) in [4.78, 5) is 14.6. The molecule has 0 amide bonds. The standard InChI is InChI=1S/C10H13NOS/c1-9(12)8-13-7-4-10-2-5-11-6-3-10/h2-3,5-6H,4,7-8H2,1H3. The minimum absolute atomic E-state index is 0.250. The van der Waals surface area contributed by atoms with Crippen LogP contribution in [0.4, 0.5) is 0 Å². The van der Waals surface area contributed by atoms with Gasteiger partial charge in [-0.1, -0.05) is 0 Å². The Kier molecular flexibility index (Phi) is 4.54. The number of Topliss-reactive ketones (excluding diaryl/α,β-unsaturated/α-hetero) is 1. The summed E-state index contributed by atoms with van der Waals surface area (Å²) < 4.78 is 0. The van der Waals surface area contributed by atoms with Gasteiger partial charge in [-0.05, 0) is 36.8 Å². The quantitative estimate of drug-likeness (QED) is 0.673. The lowest BCUT2D eigenvalue weighted by atomic mass is 10.2. The fraction of sp³-hybridized carbons (Fsp3) is 0.400. The van der Waals surface area contributed by atoms with Gasteiger partial charge in [0, 0.05) is 12.4 Å². The van der Waals surface area contributed by atoms with E-state index in [0.29, 0.717) is 5.75 Å². The van der Waals surface area contributed by atoms with E-state index < -0.39 is 0 Å². The molecule has 0 saturated heterocycles. The second-order valence-corrected chi connectivity index (χ2v) is 3.97. The van der Waals surface area contributed by atoms with E-state index in [1.807, 2.05) is 12.1 Å². The maximum Gasteiger partial charge on any atom is 0.139 e. The van der Waals surface area contributed by atoms with E-state index in [4.69, 9.17) is 0 Å². The Labute approximate surface area is 82.8 Å². The second-order valence-electron chi connectivity index (χ2n) is 2.86. The van der Waals surface area contributed by atoms with Crippen LogP contribution in [0.15, 0.2) is 24.5 Å². The zero-order valence-corrected chi connectivity index (χ0v) is 8.51. The van der Waals surface area contributed by atoms with Gasteiger partial charge >= 0.3 is 0 Å². The Balaban J connectivity index is 2.17. The smallest absolute Gasteiger partial charge is 0.139 e. The predicted molar refractivity (Wildman–Crippen MR) is 55.9 cm³/mol. The molecule has 0 bridgehead atoms. The molecule has 0 aliphatic rings. The number of hydrogen-bond acceptors (Lipinski definition) is 3. The molecule has 0 fully saturated rings. The topological polar surface area (TPSA) is 30.0 Å². The molecule has 0 saturated carbocycles. The molecule has 0 spiro atoms. The monoisotopic (exact) mass is 195 g/mol. The average molecular weight is 195 g/mol. The van der Waals surface area contributed by atoms with Crippen LogP contribution in [-0.4, -0.2) is 22.3 Å². The van der Waals surface area contributed by atoms with Crippen molar-refractivity contribution in [2.75, 3.05) is 11.5 Å². The highest BCUT2D eigenvalue weighted by molar-refractivity contribution is 7.99. The molecule has 1 aromatic heterocycles. The SMILES string of the molecule is CC(=O)CSCCc1ccncc1. The van der Waals surface area contributed by atoms with Crippen molar-refractivity contribution in [3.05, 3.63) is 30.1 Å². The molecule has 0 unspecified atom stereocenters. The fourth-order valence-electron chi connectivity index (χ4n) is 0.955. The number of pyridine rings is 1. The number of carbonyl (C=O) groups is 1. The zero-order valence-electron chi connectivity index (χ0n) is 7.69. The Hall–Kier alpha value is -0.830. The molecule has 0 aliphatic heterocycles. The minimum Gasteiger partial charge on any atom is -0.299 e. The Morgan fingerprint density at radius 1 is 1.46 bits per heavy atom. The number of nitrogens with zero attached hydrogens (tertiary/aromatic N) is 1. The van der Waals surface area contributed by atoms with Crippen LogP contribution in [-0.2, 0) is 11.2 Å². The number of rotatable bonds is 5. The maximum atomic E-state index is 10.6. The summed E-state index contributed by atoms with van der Waals surface area (Å²) in [6.07, 6.45) is 4.61. The normalized spacial score (nSPS) is 9.92. The van der Waals surface area contributed by atoms with E-state index in [1.54, 1.807) is 31.1 Å². The molecule has 0 N–H and O–H groups in total. The van der Waals surface area contributed by atoms with Crippen LogP contribution in [0.2, 0.25) is 0 Å². The van der Waals surface area contributed by atoms with Crippen molar-refractivity contribution in [3.8, 4) is 0 Å². The van der Waals surface area contributed by atoms with E-state index >= 15 is 0 Å². The molecule has 0 radical (unpaired) electrons. The first-order valence-electron chi connectivity index (χ1n) is 4.25. The van der Waals surface area contributed by atoms with Crippen molar-refractivity contribution in [2.45, 2.75) is 13.3 Å². The number of carbonyl (C=O) groups excluding carboxylic acids is 1. The molecule has 3 heteroatoms. The summed E-state index contributed by atoms with van der Waals surface area (Å²) in [6.45, 7) is 1.62. The first-order chi connectivity index (χ1) is 6.29. The molecule has 70 valence electrons. The summed E-state index contributed by atoms with van der Waals surface area (Å²) in [5, 5.41) is 0. The lowest BCUT2D eigenvalue weighted by Crippen LogP contribution is -1.96. The van der Waals surface area contributed by atoms with Crippen LogP contribution >= 0.6 is 11.8 Å². The van der Waals surface area contributed by atoms with Crippen LogP contribution in [0.1, 0.15) is 12.5 Å². The predicted octanol–water partition coefficient (Wildman–Crippen LogP) is 1.95. The summed E-state index contributed by atoms with van der Waals surface area (Å²) in [6, 6.07) is 4.02. The lowest BCUT2D eigenvalue weighted by Gasteiger charge is -1.99. The molecule has 1 rings (SSSR count). The minimum atomic E-state index is 0.250. The summed E-state index contributed by atoms with van der Waals surface area (Å²) in [7, 11) is 0. The van der Waals surface area contributed by atoms with Crippen molar-refractivity contribution in [2.24, 2.45) is 0 Å². The van der Waals surface area contributed by atoms with Gasteiger partial charge in [-0.15, -0.1) is 0 Å². The highest BCUT2D eigenvalue weighted by Gasteiger charge is 1.95. The van der Waals surface area contributed by atoms with Crippen molar-refractivity contribution >= 4 is 17.5 Å². The third kappa shape index (κ3) is 4.68. The van der Waals surface area contributed by atoms with Gasteiger partial charge in [0.15, 0.2) is 0 Å². The van der Waals surface area contributed by atoms with E-state index in [2.05, 4.69) is 4.98 Å². The average Bonchev–Trinajstić information content (AvgIpc) is 2.14. The molecule has 0 aliphatic carbocycles. The third-order valence-electron chi connectivity index (χ3n) is 1.59. The van der Waals surface area contributed by atoms with Crippen molar-refractivity contribution in [3.63, 3.8) is 0 Å². The molecular weight excluding hydrogens is 182 g/mol. The Morgan fingerprint density at radius 2 is 2.15 bits per heavy atom. The van der Waals surface area contributed by atoms with Gasteiger partial charge in [-0.3, -0.25) is 9.78 Å². The van der Waals surface area contributed by atoms with Crippen molar-refractivity contribution < 1.29 is 4.79 Å². The van der Waals surface area contributed by atoms with Crippen LogP contribution in [0, 0.1) is 0 Å². The van der Waals surface area contributed by atoms with Gasteiger partial charge in [0.2, 0.25) is 0 Å². The van der Waals surface area contributed by atoms with Gasteiger partial charge in [-0.25, -0.2) is 0 Å². The molecule has 0 aromatic carbocycles. The van der Waals surface area contributed by atoms with Crippen LogP contribution < -0.4 is 0 Å². The number of aryl methyl sites for hydroxylation is 1. The number of thioether (sulfide) groups is 1. The van der Waals surface area contributed by atoms with Crippen LogP contribution in [0.3, 0.4) is 0 Å². The fourth-order valence-corrected chi connectivity index (χ4v) is 1.77. The zero-order chi connectivity index (χ0) is 9.52. The van der Waals surface area contributed by atoms with E-state index in [1.165, 1.54) is 5.56 Å². The summed E-state index contributed by atoms with van der Waals surface area (Å²) >= 11 is 1.69. The van der Waals surface area contributed by atoms with Gasteiger partial charge in [0.1, 0.15) is 5.78 Å². The summed E-state index contributed by atoms with van der Waals surface area (Å²) in [5.74, 6) is 1.88. The molecule has 13 heavy (non-hydrogen) atoms. The summed E-state index contributed by atoms with van der Waals surface area (Å²) in [5.41, 5.74) is 1.28. The number of ketones is 1. The van der Waals surface area contributed by atoms with E-state index in [0.717, 1.165) is 12.2 Å². The maximum absolute atomic E-state index is 10.6. The first kappa shape index (κ1) is 10.3. The van der Waals surface area contributed by atoms with Crippen molar-refractivity contribution in [1.82, 2.24) is 4.98 Å². The first-order valence-corrected chi connectivity index (χ1v) is 5.40. The number of hydrogen-bond donors (Lipinski definition) is 0. The van der Waals surface area contributed by atoms with Gasteiger partial charge in [-0.2, -0.15) is 11.8 Å². The van der Waals surface area contributed by atoms with Crippen molar-refractivity contribution in [1.29, 1.82) is 0 Å². The molecular formula is C10H13NOS. The Bertz CT molecular complexity index is 261.